The second kappa shape index (κ2) is 14.8. The number of amides is 1. The summed E-state index contributed by atoms with van der Waals surface area (Å²) in [4.78, 5) is 20.5. The van der Waals surface area contributed by atoms with Crippen LogP contribution in [0.1, 0.15) is 24.0 Å². The summed E-state index contributed by atoms with van der Waals surface area (Å²) in [7, 11) is 1.57. The number of aromatic nitrogens is 2. The lowest BCUT2D eigenvalue weighted by Crippen LogP contribution is -2.35. The number of methoxy groups -OCH3 is 1. The molecule has 0 saturated carbocycles. The highest BCUT2D eigenvalue weighted by molar-refractivity contribution is 6.39. The summed E-state index contributed by atoms with van der Waals surface area (Å²) in [5, 5.41) is 22.0. The van der Waals surface area contributed by atoms with E-state index < -0.39 is 5.82 Å². The Morgan fingerprint density at radius 1 is 1.00 bits per heavy atom. The smallest absolute Gasteiger partial charge is 0.220 e. The maximum atomic E-state index is 15.2. The Bertz CT molecular complexity index is 1640. The fourth-order valence-corrected chi connectivity index (χ4v) is 5.65. The predicted octanol–water partition coefficient (Wildman–Crippen LogP) is 5.46. The second-order valence-corrected chi connectivity index (χ2v) is 11.0. The Hall–Kier alpha value is -3.80. The molecule has 1 fully saturated rings. The third kappa shape index (κ3) is 7.28. The number of aliphatic hydroxyl groups is 1. The van der Waals surface area contributed by atoms with Crippen LogP contribution in [0.2, 0.25) is 10.0 Å². The SMILES string of the molecule is COc1nc(-c2cccc(-c3ccnc(Nc4cccc(CNCCO)c4F)c3Cl)c2Cl)ccc1CNCC1CCC(=O)N1. The minimum atomic E-state index is -0.440. The number of carbonyl (C=O) groups is 1. The summed E-state index contributed by atoms with van der Waals surface area (Å²) in [6, 6.07) is 16.3. The van der Waals surface area contributed by atoms with Crippen LogP contribution in [0, 0.1) is 5.82 Å². The van der Waals surface area contributed by atoms with Crippen LogP contribution in [0.4, 0.5) is 15.9 Å². The van der Waals surface area contributed by atoms with Crippen LogP contribution in [-0.4, -0.2) is 53.8 Å². The molecule has 1 unspecified atom stereocenters. The third-order valence-electron chi connectivity index (χ3n) is 7.31. The van der Waals surface area contributed by atoms with E-state index in [1.165, 1.54) is 0 Å². The average molecular weight is 640 g/mol. The summed E-state index contributed by atoms with van der Waals surface area (Å²) < 4.78 is 20.8. The van der Waals surface area contributed by atoms with Gasteiger partial charge in [-0.1, -0.05) is 59.6 Å². The standard InChI is InChI=1S/C32H33Cl2FN6O3/c1-44-32-20(17-37-18-21-9-11-27(43)39-21)8-10-25(41-32)24-6-3-5-22(28(24)33)23-12-13-38-31(29(23)34)40-26-7-2-4-19(30(26)35)16-36-14-15-42/h2-8,10,12-13,21,36-37,42H,9,11,14-18H2,1H3,(H,38,40)(H,39,43). The zero-order valence-corrected chi connectivity index (χ0v) is 25.6. The molecule has 1 amide bonds. The maximum absolute atomic E-state index is 15.2. The van der Waals surface area contributed by atoms with Crippen molar-refractivity contribution in [3.63, 3.8) is 0 Å². The van der Waals surface area contributed by atoms with Crippen molar-refractivity contribution in [3.8, 4) is 28.3 Å². The maximum Gasteiger partial charge on any atom is 0.220 e. The Morgan fingerprint density at radius 2 is 1.77 bits per heavy atom. The predicted molar refractivity (Wildman–Crippen MR) is 171 cm³/mol. The number of halogens is 3. The molecule has 4 aromatic rings. The molecule has 0 spiro atoms. The lowest BCUT2D eigenvalue weighted by Gasteiger charge is -2.16. The van der Waals surface area contributed by atoms with Crippen LogP contribution in [0.3, 0.4) is 0 Å². The number of aliphatic hydroxyl groups excluding tert-OH is 1. The quantitative estimate of drug-likeness (QED) is 0.123. The van der Waals surface area contributed by atoms with E-state index in [1.54, 1.807) is 37.6 Å². The average Bonchev–Trinajstić information content (AvgIpc) is 3.45. The van der Waals surface area contributed by atoms with Gasteiger partial charge in [0.25, 0.3) is 0 Å². The van der Waals surface area contributed by atoms with Gasteiger partial charge in [0, 0.05) is 72.7 Å². The first-order valence-electron chi connectivity index (χ1n) is 14.2. The van der Waals surface area contributed by atoms with Gasteiger partial charge >= 0.3 is 0 Å². The number of ether oxygens (including phenoxy) is 1. The van der Waals surface area contributed by atoms with E-state index in [0.29, 0.717) is 64.9 Å². The zero-order valence-electron chi connectivity index (χ0n) is 24.1. The molecule has 5 N–H and O–H groups in total. The molecule has 2 aromatic heterocycles. The number of nitrogens with one attached hydrogen (secondary N) is 4. The number of hydrogen-bond donors (Lipinski definition) is 5. The fraction of sp³-hybridized carbons (Fsp3) is 0.281. The molecule has 3 heterocycles. The van der Waals surface area contributed by atoms with Crippen LogP contribution in [0.25, 0.3) is 22.4 Å². The minimum Gasteiger partial charge on any atom is -0.481 e. The van der Waals surface area contributed by atoms with Crippen molar-refractivity contribution >= 4 is 40.6 Å². The second-order valence-electron chi connectivity index (χ2n) is 10.3. The molecule has 9 nitrogen and oxygen atoms in total. The highest BCUT2D eigenvalue weighted by Gasteiger charge is 2.21. The lowest BCUT2D eigenvalue weighted by atomic mass is 10.0. The molecule has 230 valence electrons. The van der Waals surface area contributed by atoms with Crippen LogP contribution >= 0.6 is 23.2 Å². The number of anilines is 2. The molecule has 1 aliphatic rings. The number of nitrogens with zero attached hydrogens (tertiary/aromatic N) is 2. The Labute approximate surface area is 265 Å². The lowest BCUT2D eigenvalue weighted by molar-refractivity contribution is -0.119. The molecule has 0 radical (unpaired) electrons. The van der Waals surface area contributed by atoms with Crippen LogP contribution in [0.15, 0.2) is 60.8 Å². The van der Waals surface area contributed by atoms with Crippen molar-refractivity contribution in [2.45, 2.75) is 32.0 Å². The van der Waals surface area contributed by atoms with Crippen LogP contribution in [-0.2, 0) is 17.9 Å². The largest absolute Gasteiger partial charge is 0.481 e. The molecule has 1 atom stereocenters. The normalized spacial score (nSPS) is 14.5. The number of rotatable bonds is 13. The summed E-state index contributed by atoms with van der Waals surface area (Å²) in [6.45, 7) is 1.78. The van der Waals surface area contributed by atoms with E-state index in [0.717, 1.165) is 12.0 Å². The highest BCUT2D eigenvalue weighted by Crippen LogP contribution is 2.41. The molecule has 44 heavy (non-hydrogen) atoms. The summed E-state index contributed by atoms with van der Waals surface area (Å²) >= 11 is 13.8. The molecule has 5 rings (SSSR count). The van der Waals surface area contributed by atoms with E-state index in [1.807, 2.05) is 30.3 Å². The number of benzene rings is 2. The van der Waals surface area contributed by atoms with Gasteiger partial charge in [0.2, 0.25) is 11.8 Å². The highest BCUT2D eigenvalue weighted by atomic mass is 35.5. The molecule has 1 saturated heterocycles. The van der Waals surface area contributed by atoms with Crippen molar-refractivity contribution in [1.29, 1.82) is 0 Å². The summed E-state index contributed by atoms with van der Waals surface area (Å²) in [5.41, 5.74) is 4.12. The Kier molecular flexibility index (Phi) is 10.6. The van der Waals surface area contributed by atoms with Gasteiger partial charge in [0.15, 0.2) is 5.82 Å². The van der Waals surface area contributed by atoms with Crippen molar-refractivity contribution in [2.24, 2.45) is 0 Å². The third-order valence-corrected chi connectivity index (χ3v) is 8.10. The van der Waals surface area contributed by atoms with Gasteiger partial charge in [0.05, 0.1) is 35.1 Å². The van der Waals surface area contributed by atoms with Gasteiger partial charge in [0.1, 0.15) is 5.82 Å². The molecule has 2 aromatic carbocycles. The Balaban J connectivity index is 1.37. The van der Waals surface area contributed by atoms with Gasteiger partial charge in [-0.05, 0) is 24.6 Å². The number of carbonyl (C=O) groups excluding carboxylic acids is 1. The molecule has 0 bridgehead atoms. The van der Waals surface area contributed by atoms with Crippen LogP contribution < -0.4 is 26.0 Å². The van der Waals surface area contributed by atoms with E-state index in [4.69, 9.17) is 38.0 Å². The molecule has 1 aliphatic heterocycles. The van der Waals surface area contributed by atoms with Crippen molar-refractivity contribution < 1.29 is 19.0 Å². The van der Waals surface area contributed by atoms with Gasteiger partial charge in [-0.2, -0.15) is 0 Å². The zero-order chi connectivity index (χ0) is 31.1. The minimum absolute atomic E-state index is 0.0364. The Morgan fingerprint density at radius 3 is 2.55 bits per heavy atom. The monoisotopic (exact) mass is 638 g/mol. The van der Waals surface area contributed by atoms with E-state index in [9.17, 15) is 4.79 Å². The fourth-order valence-electron chi connectivity index (χ4n) is 5.06. The molecule has 0 aliphatic carbocycles. The first-order valence-corrected chi connectivity index (χ1v) is 15.0. The van der Waals surface area contributed by atoms with Crippen molar-refractivity contribution in [2.75, 3.05) is 32.1 Å². The summed E-state index contributed by atoms with van der Waals surface area (Å²) in [6.07, 6.45) is 2.96. The number of hydrogen-bond acceptors (Lipinski definition) is 8. The molecular weight excluding hydrogens is 606 g/mol. The van der Waals surface area contributed by atoms with Crippen molar-refractivity contribution in [3.05, 3.63) is 87.8 Å². The number of pyridine rings is 2. The molecule has 12 heteroatoms. The first kappa shape index (κ1) is 31.6. The molecular formula is C32H33Cl2FN6O3. The van der Waals surface area contributed by atoms with E-state index in [-0.39, 0.29) is 41.6 Å². The van der Waals surface area contributed by atoms with Crippen LogP contribution in [0.5, 0.6) is 5.88 Å². The van der Waals surface area contributed by atoms with E-state index in [2.05, 4.69) is 26.3 Å². The van der Waals surface area contributed by atoms with Gasteiger partial charge in [-0.3, -0.25) is 4.79 Å². The van der Waals surface area contributed by atoms with Gasteiger partial charge in [-0.25, -0.2) is 14.4 Å². The van der Waals surface area contributed by atoms with Gasteiger partial charge < -0.3 is 31.1 Å². The topological polar surface area (TPSA) is 120 Å². The van der Waals surface area contributed by atoms with Gasteiger partial charge in [-0.15, -0.1) is 0 Å². The van der Waals surface area contributed by atoms with E-state index >= 15 is 4.39 Å². The first-order chi connectivity index (χ1) is 21.4. The summed E-state index contributed by atoms with van der Waals surface area (Å²) in [5.74, 6) is 0.392. The van der Waals surface area contributed by atoms with Crippen molar-refractivity contribution in [1.82, 2.24) is 25.9 Å².